The summed E-state index contributed by atoms with van der Waals surface area (Å²) in [6.45, 7) is 8.70. The van der Waals surface area contributed by atoms with Crippen molar-refractivity contribution >= 4 is 0 Å². The lowest BCUT2D eigenvalue weighted by Crippen LogP contribution is -2.37. The maximum atomic E-state index is 5.43. The predicted molar refractivity (Wildman–Crippen MR) is 60.7 cm³/mol. The summed E-state index contributed by atoms with van der Waals surface area (Å²) in [5.74, 6) is 1.53. The fraction of sp³-hybridized carbons (Fsp3) is 0.667. The first-order valence-electron chi connectivity index (χ1n) is 5.57. The van der Waals surface area contributed by atoms with Crippen LogP contribution in [-0.4, -0.2) is 19.3 Å². The SMILES string of the molecule is CCOCC(NCc1ccco1)C(C)C. The zero-order chi connectivity index (χ0) is 11.1. The van der Waals surface area contributed by atoms with Crippen LogP contribution in [0.4, 0.5) is 0 Å². The van der Waals surface area contributed by atoms with Gasteiger partial charge in [0, 0.05) is 12.6 Å². The largest absolute Gasteiger partial charge is 0.468 e. The van der Waals surface area contributed by atoms with Gasteiger partial charge in [-0.25, -0.2) is 0 Å². The molecule has 0 amide bonds. The van der Waals surface area contributed by atoms with Crippen LogP contribution >= 0.6 is 0 Å². The number of hydrogen-bond donors (Lipinski definition) is 1. The van der Waals surface area contributed by atoms with E-state index in [9.17, 15) is 0 Å². The molecule has 0 aliphatic carbocycles. The highest BCUT2D eigenvalue weighted by atomic mass is 16.5. The molecule has 0 spiro atoms. The Kier molecular flexibility index (Phi) is 5.43. The standard InChI is InChI=1S/C12H21NO2/c1-4-14-9-12(10(2)3)13-8-11-6-5-7-15-11/h5-7,10,12-13H,4,8-9H2,1-3H3. The average Bonchev–Trinajstić information content (AvgIpc) is 2.70. The van der Waals surface area contributed by atoms with E-state index in [1.54, 1.807) is 6.26 Å². The van der Waals surface area contributed by atoms with Crippen molar-refractivity contribution in [2.75, 3.05) is 13.2 Å². The van der Waals surface area contributed by atoms with Crippen molar-refractivity contribution in [2.45, 2.75) is 33.4 Å². The van der Waals surface area contributed by atoms with Crippen molar-refractivity contribution in [1.82, 2.24) is 5.32 Å². The van der Waals surface area contributed by atoms with Crippen LogP contribution in [0.3, 0.4) is 0 Å². The molecule has 0 saturated carbocycles. The zero-order valence-corrected chi connectivity index (χ0v) is 9.82. The van der Waals surface area contributed by atoms with E-state index in [1.807, 2.05) is 19.1 Å². The van der Waals surface area contributed by atoms with Crippen LogP contribution in [0.5, 0.6) is 0 Å². The maximum absolute atomic E-state index is 5.43. The van der Waals surface area contributed by atoms with Gasteiger partial charge in [-0.2, -0.15) is 0 Å². The van der Waals surface area contributed by atoms with E-state index in [-0.39, 0.29) is 0 Å². The maximum Gasteiger partial charge on any atom is 0.117 e. The van der Waals surface area contributed by atoms with Gasteiger partial charge in [-0.15, -0.1) is 0 Å². The quantitative estimate of drug-likeness (QED) is 0.752. The molecule has 0 saturated heterocycles. The highest BCUT2D eigenvalue weighted by Crippen LogP contribution is 2.05. The first-order chi connectivity index (χ1) is 7.24. The normalized spacial score (nSPS) is 13.3. The third-order valence-electron chi connectivity index (χ3n) is 2.42. The minimum atomic E-state index is 0.384. The van der Waals surface area contributed by atoms with Gasteiger partial charge in [0.1, 0.15) is 5.76 Å². The molecule has 1 atom stereocenters. The van der Waals surface area contributed by atoms with Gasteiger partial charge >= 0.3 is 0 Å². The molecular formula is C12H21NO2. The van der Waals surface area contributed by atoms with E-state index in [2.05, 4.69) is 19.2 Å². The molecular weight excluding hydrogens is 190 g/mol. The van der Waals surface area contributed by atoms with Gasteiger partial charge < -0.3 is 14.5 Å². The molecule has 0 aromatic carbocycles. The van der Waals surface area contributed by atoms with Gasteiger partial charge in [0.25, 0.3) is 0 Å². The van der Waals surface area contributed by atoms with Gasteiger partial charge in [0.2, 0.25) is 0 Å². The lowest BCUT2D eigenvalue weighted by atomic mass is 10.1. The third kappa shape index (κ3) is 4.49. The molecule has 86 valence electrons. The van der Waals surface area contributed by atoms with Crippen molar-refractivity contribution in [2.24, 2.45) is 5.92 Å². The van der Waals surface area contributed by atoms with Gasteiger partial charge in [-0.3, -0.25) is 0 Å². The molecule has 0 aliphatic rings. The first kappa shape index (κ1) is 12.3. The van der Waals surface area contributed by atoms with Crippen LogP contribution in [0.1, 0.15) is 26.5 Å². The van der Waals surface area contributed by atoms with E-state index in [0.717, 1.165) is 25.5 Å². The second-order valence-electron chi connectivity index (χ2n) is 3.97. The van der Waals surface area contributed by atoms with Crippen LogP contribution < -0.4 is 5.32 Å². The van der Waals surface area contributed by atoms with Gasteiger partial charge in [-0.1, -0.05) is 13.8 Å². The Hall–Kier alpha value is -0.800. The molecule has 0 aliphatic heterocycles. The first-order valence-corrected chi connectivity index (χ1v) is 5.57. The fourth-order valence-electron chi connectivity index (χ4n) is 1.38. The Morgan fingerprint density at radius 1 is 1.47 bits per heavy atom. The fourth-order valence-corrected chi connectivity index (χ4v) is 1.38. The summed E-state index contributed by atoms with van der Waals surface area (Å²) in [4.78, 5) is 0. The van der Waals surface area contributed by atoms with Crippen LogP contribution in [0.2, 0.25) is 0 Å². The summed E-state index contributed by atoms with van der Waals surface area (Å²) in [7, 11) is 0. The number of ether oxygens (including phenoxy) is 1. The summed E-state index contributed by atoms with van der Waals surface area (Å²) < 4.78 is 10.7. The Morgan fingerprint density at radius 3 is 2.80 bits per heavy atom. The smallest absolute Gasteiger partial charge is 0.117 e. The summed E-state index contributed by atoms with van der Waals surface area (Å²) in [6.07, 6.45) is 1.70. The highest BCUT2D eigenvalue weighted by molar-refractivity contribution is 4.97. The monoisotopic (exact) mass is 211 g/mol. The second-order valence-corrected chi connectivity index (χ2v) is 3.97. The van der Waals surface area contributed by atoms with E-state index < -0.39 is 0 Å². The molecule has 1 unspecified atom stereocenters. The number of hydrogen-bond acceptors (Lipinski definition) is 3. The van der Waals surface area contributed by atoms with E-state index in [0.29, 0.717) is 12.0 Å². The molecule has 1 heterocycles. The van der Waals surface area contributed by atoms with Gasteiger partial charge in [0.15, 0.2) is 0 Å². The summed E-state index contributed by atoms with van der Waals surface area (Å²) in [5, 5.41) is 3.44. The van der Waals surface area contributed by atoms with Crippen LogP contribution in [0.15, 0.2) is 22.8 Å². The Morgan fingerprint density at radius 2 is 2.27 bits per heavy atom. The minimum Gasteiger partial charge on any atom is -0.468 e. The highest BCUT2D eigenvalue weighted by Gasteiger charge is 2.12. The molecule has 3 nitrogen and oxygen atoms in total. The second kappa shape index (κ2) is 6.64. The molecule has 1 rings (SSSR count). The molecule has 1 N–H and O–H groups in total. The third-order valence-corrected chi connectivity index (χ3v) is 2.42. The van der Waals surface area contributed by atoms with Crippen molar-refractivity contribution < 1.29 is 9.15 Å². The summed E-state index contributed by atoms with van der Waals surface area (Å²) >= 11 is 0. The Labute approximate surface area is 91.8 Å². The molecule has 15 heavy (non-hydrogen) atoms. The average molecular weight is 211 g/mol. The van der Waals surface area contributed by atoms with Crippen molar-refractivity contribution in [1.29, 1.82) is 0 Å². The molecule has 1 aromatic heterocycles. The molecule has 0 radical (unpaired) electrons. The van der Waals surface area contributed by atoms with Crippen LogP contribution in [0, 0.1) is 5.92 Å². The summed E-state index contributed by atoms with van der Waals surface area (Å²) in [5.41, 5.74) is 0. The molecule has 0 bridgehead atoms. The lowest BCUT2D eigenvalue weighted by Gasteiger charge is -2.21. The van der Waals surface area contributed by atoms with Crippen molar-refractivity contribution in [3.63, 3.8) is 0 Å². The topological polar surface area (TPSA) is 34.4 Å². The Balaban J connectivity index is 2.31. The molecule has 3 heteroatoms. The van der Waals surface area contributed by atoms with Gasteiger partial charge in [-0.05, 0) is 25.0 Å². The van der Waals surface area contributed by atoms with E-state index >= 15 is 0 Å². The van der Waals surface area contributed by atoms with Crippen molar-refractivity contribution in [3.05, 3.63) is 24.2 Å². The zero-order valence-electron chi connectivity index (χ0n) is 9.82. The van der Waals surface area contributed by atoms with Gasteiger partial charge in [0.05, 0.1) is 19.4 Å². The van der Waals surface area contributed by atoms with E-state index in [1.165, 1.54) is 0 Å². The summed E-state index contributed by atoms with van der Waals surface area (Å²) in [6, 6.07) is 4.27. The van der Waals surface area contributed by atoms with Crippen LogP contribution in [0.25, 0.3) is 0 Å². The number of nitrogens with one attached hydrogen (secondary N) is 1. The molecule has 1 aromatic rings. The minimum absolute atomic E-state index is 0.384. The van der Waals surface area contributed by atoms with E-state index in [4.69, 9.17) is 9.15 Å². The lowest BCUT2D eigenvalue weighted by molar-refractivity contribution is 0.107. The number of furan rings is 1. The van der Waals surface area contributed by atoms with Crippen LogP contribution in [-0.2, 0) is 11.3 Å². The number of rotatable bonds is 7. The predicted octanol–water partition coefficient (Wildman–Crippen LogP) is 2.43. The van der Waals surface area contributed by atoms with Crippen molar-refractivity contribution in [3.8, 4) is 0 Å². The molecule has 0 fully saturated rings. The Bertz CT molecular complexity index is 244.